The summed E-state index contributed by atoms with van der Waals surface area (Å²) >= 11 is 1.65. The van der Waals surface area contributed by atoms with Crippen LogP contribution in [0.25, 0.3) is 6.08 Å². The molecule has 19 heavy (non-hydrogen) atoms. The number of ether oxygens (including phenoxy) is 1. The molecule has 2 heterocycles. The van der Waals surface area contributed by atoms with E-state index in [4.69, 9.17) is 4.74 Å². The van der Waals surface area contributed by atoms with E-state index in [1.54, 1.807) is 18.4 Å². The van der Waals surface area contributed by atoms with Crippen LogP contribution in [0.5, 0.6) is 5.75 Å². The smallest absolute Gasteiger partial charge is 0.240 e. The minimum Gasteiger partial charge on any atom is -0.496 e. The van der Waals surface area contributed by atoms with Gasteiger partial charge in [-0.1, -0.05) is 6.92 Å². The number of amides is 1. The average molecular weight is 278 g/mol. The van der Waals surface area contributed by atoms with E-state index < -0.39 is 0 Å². The highest BCUT2D eigenvalue weighted by atomic mass is 32.1. The summed E-state index contributed by atoms with van der Waals surface area (Å²) in [5.74, 6) is 1.06. The molecule has 1 aromatic rings. The van der Waals surface area contributed by atoms with Crippen molar-refractivity contribution in [2.75, 3.05) is 7.11 Å². The summed E-state index contributed by atoms with van der Waals surface area (Å²) in [5, 5.41) is 6.17. The Morgan fingerprint density at radius 2 is 2.37 bits per heavy atom. The highest BCUT2D eigenvalue weighted by Gasteiger charge is 2.21. The molecule has 2 rings (SSSR count). The van der Waals surface area contributed by atoms with Crippen molar-refractivity contribution < 1.29 is 9.53 Å². The summed E-state index contributed by atoms with van der Waals surface area (Å²) in [5.41, 5.74) is 5.72. The summed E-state index contributed by atoms with van der Waals surface area (Å²) in [4.78, 5) is 12.4. The first-order valence-electron chi connectivity index (χ1n) is 6.20. The first-order chi connectivity index (χ1) is 9.02. The van der Waals surface area contributed by atoms with Crippen LogP contribution < -0.4 is 10.2 Å². The predicted octanol–water partition coefficient (Wildman–Crippen LogP) is 2.98. The first-order valence-corrected chi connectivity index (χ1v) is 7.08. The molecule has 0 aromatic carbocycles. The molecule has 1 aliphatic rings. The van der Waals surface area contributed by atoms with Gasteiger partial charge in [-0.05, 0) is 25.5 Å². The number of thiophene rings is 1. The van der Waals surface area contributed by atoms with Gasteiger partial charge in [-0.3, -0.25) is 4.79 Å². The molecule has 5 heteroatoms. The van der Waals surface area contributed by atoms with Crippen LogP contribution in [0.3, 0.4) is 0 Å². The summed E-state index contributed by atoms with van der Waals surface area (Å²) in [6, 6.07) is 0. The number of allylic oxidation sites excluding steroid dienone is 1. The molecule has 0 bridgehead atoms. The Labute approximate surface area is 117 Å². The number of nitrogens with one attached hydrogen (secondary N) is 1. The lowest BCUT2D eigenvalue weighted by Crippen LogP contribution is -2.31. The lowest BCUT2D eigenvalue weighted by molar-refractivity contribution is -0.121. The molecule has 0 saturated heterocycles. The molecule has 1 aliphatic heterocycles. The van der Waals surface area contributed by atoms with E-state index in [0.717, 1.165) is 22.6 Å². The Hall–Kier alpha value is -1.62. The molecule has 0 radical (unpaired) electrons. The summed E-state index contributed by atoms with van der Waals surface area (Å²) in [6.07, 6.45) is 2.60. The van der Waals surface area contributed by atoms with Gasteiger partial charge < -0.3 is 4.74 Å². The molecule has 0 spiro atoms. The second-order valence-electron chi connectivity index (χ2n) is 4.76. The lowest BCUT2D eigenvalue weighted by atomic mass is 9.94. The number of rotatable bonds is 3. The molecule has 1 amide bonds. The van der Waals surface area contributed by atoms with Gasteiger partial charge in [0.2, 0.25) is 5.91 Å². The molecule has 4 nitrogen and oxygen atoms in total. The average Bonchev–Trinajstić information content (AvgIpc) is 2.70. The lowest BCUT2D eigenvalue weighted by Gasteiger charge is -2.19. The molecule has 1 N–H and O–H groups in total. The van der Waals surface area contributed by atoms with Crippen LogP contribution in [-0.4, -0.2) is 18.7 Å². The third-order valence-electron chi connectivity index (χ3n) is 3.26. The van der Waals surface area contributed by atoms with Gasteiger partial charge in [-0.2, -0.15) is 5.10 Å². The van der Waals surface area contributed by atoms with Crippen molar-refractivity contribution in [2.45, 2.75) is 27.2 Å². The van der Waals surface area contributed by atoms with Gasteiger partial charge in [0, 0.05) is 28.2 Å². The Balaban J connectivity index is 2.28. The van der Waals surface area contributed by atoms with Crippen LogP contribution in [-0.2, 0) is 4.79 Å². The van der Waals surface area contributed by atoms with Crippen molar-refractivity contribution in [3.63, 3.8) is 0 Å². The second-order valence-corrected chi connectivity index (χ2v) is 5.67. The van der Waals surface area contributed by atoms with E-state index in [-0.39, 0.29) is 11.8 Å². The maximum atomic E-state index is 11.2. The van der Waals surface area contributed by atoms with Crippen LogP contribution in [0, 0.1) is 12.8 Å². The monoisotopic (exact) mass is 278 g/mol. The Morgan fingerprint density at radius 1 is 1.63 bits per heavy atom. The molecule has 0 aliphatic carbocycles. The Bertz CT molecular complexity index is 558. The normalized spacial score (nSPS) is 20.0. The second kappa shape index (κ2) is 5.57. The number of hydrogen-bond acceptors (Lipinski definition) is 4. The minimum atomic E-state index is -0.0157. The number of nitrogens with zero attached hydrogens (tertiary/aromatic N) is 1. The Morgan fingerprint density at radius 3 is 2.95 bits per heavy atom. The molecule has 1 unspecified atom stereocenters. The van der Waals surface area contributed by atoms with E-state index in [9.17, 15) is 4.79 Å². The predicted molar refractivity (Wildman–Crippen MR) is 78.6 cm³/mol. The van der Waals surface area contributed by atoms with E-state index in [1.807, 2.05) is 26.2 Å². The minimum absolute atomic E-state index is 0.0157. The molecule has 1 atom stereocenters. The first kappa shape index (κ1) is 13.8. The van der Waals surface area contributed by atoms with Crippen molar-refractivity contribution in [1.29, 1.82) is 0 Å². The van der Waals surface area contributed by atoms with Crippen LogP contribution >= 0.6 is 11.3 Å². The molecule has 0 fully saturated rings. The van der Waals surface area contributed by atoms with Crippen molar-refractivity contribution in [3.05, 3.63) is 21.4 Å². The topological polar surface area (TPSA) is 50.7 Å². The molecule has 102 valence electrons. The number of hydrogen-bond donors (Lipinski definition) is 1. The zero-order chi connectivity index (χ0) is 14.0. The highest BCUT2D eigenvalue weighted by molar-refractivity contribution is 7.11. The van der Waals surface area contributed by atoms with Crippen molar-refractivity contribution >= 4 is 29.0 Å². The molecule has 0 saturated carbocycles. The van der Waals surface area contributed by atoms with Gasteiger partial charge in [0.05, 0.1) is 12.8 Å². The SMILES string of the molecule is COc1csc(C=C(C)C2=NNC(=O)CC2C)c1C. The van der Waals surface area contributed by atoms with Gasteiger partial charge in [0.25, 0.3) is 0 Å². The van der Waals surface area contributed by atoms with Crippen molar-refractivity contribution in [3.8, 4) is 5.75 Å². The van der Waals surface area contributed by atoms with Gasteiger partial charge in [0.15, 0.2) is 0 Å². The maximum absolute atomic E-state index is 11.2. The van der Waals surface area contributed by atoms with E-state index >= 15 is 0 Å². The van der Waals surface area contributed by atoms with Crippen LogP contribution in [0.15, 0.2) is 16.1 Å². The summed E-state index contributed by atoms with van der Waals surface area (Å²) in [6.45, 7) is 6.09. The van der Waals surface area contributed by atoms with E-state index in [1.165, 1.54) is 4.88 Å². The maximum Gasteiger partial charge on any atom is 0.240 e. The standard InChI is InChI=1S/C14H18N2O2S/c1-8(14-9(2)6-13(17)15-16-14)5-12-10(3)11(18-4)7-19-12/h5,7,9H,6H2,1-4H3,(H,15,17). The van der Waals surface area contributed by atoms with Crippen LogP contribution in [0.2, 0.25) is 0 Å². The molecule has 1 aromatic heterocycles. The van der Waals surface area contributed by atoms with Gasteiger partial charge in [-0.15, -0.1) is 11.3 Å². The molecular weight excluding hydrogens is 260 g/mol. The van der Waals surface area contributed by atoms with E-state index in [2.05, 4.69) is 16.6 Å². The summed E-state index contributed by atoms with van der Waals surface area (Å²) < 4.78 is 5.28. The van der Waals surface area contributed by atoms with Crippen molar-refractivity contribution in [1.82, 2.24) is 5.43 Å². The molecular formula is C14H18N2O2S. The fraction of sp³-hybridized carbons (Fsp3) is 0.429. The van der Waals surface area contributed by atoms with Crippen LogP contribution in [0.1, 0.15) is 30.7 Å². The highest BCUT2D eigenvalue weighted by Crippen LogP contribution is 2.30. The third kappa shape index (κ3) is 2.87. The fourth-order valence-corrected chi connectivity index (χ4v) is 3.19. The number of carbonyl (C=O) groups excluding carboxylic acids is 1. The van der Waals surface area contributed by atoms with E-state index in [0.29, 0.717) is 6.42 Å². The van der Waals surface area contributed by atoms with Crippen LogP contribution in [0.4, 0.5) is 0 Å². The number of methoxy groups -OCH3 is 1. The third-order valence-corrected chi connectivity index (χ3v) is 4.27. The number of hydrazone groups is 1. The fourth-order valence-electron chi connectivity index (χ4n) is 2.16. The van der Waals surface area contributed by atoms with Gasteiger partial charge in [-0.25, -0.2) is 5.43 Å². The number of carbonyl (C=O) groups is 1. The Kier molecular flexibility index (Phi) is 4.04. The largest absolute Gasteiger partial charge is 0.496 e. The van der Waals surface area contributed by atoms with Gasteiger partial charge >= 0.3 is 0 Å². The summed E-state index contributed by atoms with van der Waals surface area (Å²) in [7, 11) is 1.68. The quantitative estimate of drug-likeness (QED) is 0.924. The van der Waals surface area contributed by atoms with Gasteiger partial charge in [0.1, 0.15) is 5.75 Å². The zero-order valence-electron chi connectivity index (χ0n) is 11.6. The van der Waals surface area contributed by atoms with Crippen molar-refractivity contribution in [2.24, 2.45) is 11.0 Å². The zero-order valence-corrected chi connectivity index (χ0v) is 12.4.